The molecule has 0 N–H and O–H groups in total. The van der Waals surface area contributed by atoms with Crippen molar-refractivity contribution in [1.29, 1.82) is 0 Å². The zero-order valence-electron chi connectivity index (χ0n) is 8.58. The highest BCUT2D eigenvalue weighted by Crippen LogP contribution is 2.32. The topological polar surface area (TPSA) is 0 Å². The molecule has 0 radical (unpaired) electrons. The first-order chi connectivity index (χ1) is 8.45. The summed E-state index contributed by atoms with van der Waals surface area (Å²) >= 11 is 0. The summed E-state index contributed by atoms with van der Waals surface area (Å²) in [5, 5.41) is 0. The molecule has 18 heavy (non-hydrogen) atoms. The fraction of sp³-hybridized carbons (Fsp3) is 0. The second-order valence-electron chi connectivity index (χ2n) is 3.42. The molecule has 0 nitrogen and oxygen atoms in total. The SMILES string of the molecule is Fc1ccccc1-c1c(F)c(F)c(F)c(F)c1F. The zero-order valence-corrected chi connectivity index (χ0v) is 8.58. The van der Waals surface area contributed by atoms with Crippen LogP contribution in [0.1, 0.15) is 0 Å². The Labute approximate surface area is 97.5 Å². The van der Waals surface area contributed by atoms with Crippen molar-refractivity contribution in [3.05, 3.63) is 59.2 Å². The monoisotopic (exact) mass is 262 g/mol. The van der Waals surface area contributed by atoms with E-state index in [0.29, 0.717) is 0 Å². The number of halogens is 6. The van der Waals surface area contributed by atoms with Gasteiger partial charge in [-0.25, -0.2) is 26.3 Å². The average molecular weight is 262 g/mol. The summed E-state index contributed by atoms with van der Waals surface area (Å²) in [6.45, 7) is 0. The fourth-order valence-corrected chi connectivity index (χ4v) is 1.51. The summed E-state index contributed by atoms with van der Waals surface area (Å²) in [5.41, 5.74) is -1.96. The average Bonchev–Trinajstić information content (AvgIpc) is 2.36. The van der Waals surface area contributed by atoms with Crippen LogP contribution in [0.3, 0.4) is 0 Å². The quantitative estimate of drug-likeness (QED) is 0.410. The minimum Gasteiger partial charge on any atom is -0.206 e. The highest BCUT2D eigenvalue weighted by atomic mass is 19.2. The van der Waals surface area contributed by atoms with Crippen LogP contribution in [0.5, 0.6) is 0 Å². The molecule has 0 saturated carbocycles. The molecule has 0 bridgehead atoms. The highest BCUT2D eigenvalue weighted by molar-refractivity contribution is 5.65. The molecule has 0 amide bonds. The molecule has 0 aromatic heterocycles. The third-order valence-corrected chi connectivity index (χ3v) is 2.35. The number of hydrogen-bond acceptors (Lipinski definition) is 0. The number of hydrogen-bond donors (Lipinski definition) is 0. The van der Waals surface area contributed by atoms with Gasteiger partial charge in [0.2, 0.25) is 5.82 Å². The van der Waals surface area contributed by atoms with E-state index in [1.54, 1.807) is 0 Å². The summed E-state index contributed by atoms with van der Waals surface area (Å²) in [6, 6.07) is 4.22. The maximum Gasteiger partial charge on any atom is 0.200 e. The van der Waals surface area contributed by atoms with Crippen molar-refractivity contribution < 1.29 is 26.3 Å². The van der Waals surface area contributed by atoms with E-state index in [2.05, 4.69) is 0 Å². The van der Waals surface area contributed by atoms with Crippen LogP contribution in [0.2, 0.25) is 0 Å². The molecule has 94 valence electrons. The molecule has 2 aromatic carbocycles. The van der Waals surface area contributed by atoms with Gasteiger partial charge in [0.25, 0.3) is 0 Å². The van der Waals surface area contributed by atoms with E-state index in [4.69, 9.17) is 0 Å². The normalized spacial score (nSPS) is 10.8. The standard InChI is InChI=1S/C12H4F6/c13-6-4-2-1-3-5(6)7-8(14)10(16)12(18)11(17)9(7)15/h1-4H. The molecule has 0 fully saturated rings. The molecular formula is C12H4F6. The Hall–Kier alpha value is -1.98. The van der Waals surface area contributed by atoms with E-state index >= 15 is 0 Å². The van der Waals surface area contributed by atoms with Crippen LogP contribution < -0.4 is 0 Å². The van der Waals surface area contributed by atoms with Gasteiger partial charge in [-0.05, 0) is 6.07 Å². The van der Waals surface area contributed by atoms with E-state index < -0.39 is 46.0 Å². The van der Waals surface area contributed by atoms with E-state index in [9.17, 15) is 26.3 Å². The second kappa shape index (κ2) is 4.36. The van der Waals surface area contributed by atoms with Gasteiger partial charge in [-0.3, -0.25) is 0 Å². The van der Waals surface area contributed by atoms with Gasteiger partial charge in [-0.1, -0.05) is 18.2 Å². The Balaban J connectivity index is 2.85. The molecule has 0 aliphatic rings. The summed E-state index contributed by atoms with van der Waals surface area (Å²) < 4.78 is 78.8. The molecule has 0 atom stereocenters. The molecule has 0 spiro atoms. The van der Waals surface area contributed by atoms with E-state index in [-0.39, 0.29) is 0 Å². The van der Waals surface area contributed by atoms with Gasteiger partial charge in [0.1, 0.15) is 5.82 Å². The van der Waals surface area contributed by atoms with Gasteiger partial charge in [-0.15, -0.1) is 0 Å². The van der Waals surface area contributed by atoms with Gasteiger partial charge in [0.15, 0.2) is 23.3 Å². The molecule has 2 rings (SSSR count). The largest absolute Gasteiger partial charge is 0.206 e. The zero-order chi connectivity index (χ0) is 13.4. The first-order valence-electron chi connectivity index (χ1n) is 4.71. The van der Waals surface area contributed by atoms with Crippen LogP contribution >= 0.6 is 0 Å². The highest BCUT2D eigenvalue weighted by Gasteiger charge is 2.27. The van der Waals surface area contributed by atoms with E-state index in [0.717, 1.165) is 12.1 Å². The van der Waals surface area contributed by atoms with Crippen LogP contribution in [-0.4, -0.2) is 0 Å². The van der Waals surface area contributed by atoms with Gasteiger partial charge < -0.3 is 0 Å². The smallest absolute Gasteiger partial charge is 0.200 e. The van der Waals surface area contributed by atoms with Crippen molar-refractivity contribution >= 4 is 0 Å². The fourth-order valence-electron chi connectivity index (χ4n) is 1.51. The first kappa shape index (κ1) is 12.5. The lowest BCUT2D eigenvalue weighted by Gasteiger charge is -2.08. The molecule has 0 aliphatic heterocycles. The lowest BCUT2D eigenvalue weighted by Crippen LogP contribution is -2.04. The van der Waals surface area contributed by atoms with Crippen molar-refractivity contribution in [2.45, 2.75) is 0 Å². The van der Waals surface area contributed by atoms with Crippen molar-refractivity contribution in [3.63, 3.8) is 0 Å². The van der Waals surface area contributed by atoms with Crippen LogP contribution in [-0.2, 0) is 0 Å². The van der Waals surface area contributed by atoms with Gasteiger partial charge in [0, 0.05) is 5.56 Å². The Morgan fingerprint density at radius 1 is 0.556 bits per heavy atom. The summed E-state index contributed by atoms with van der Waals surface area (Å²) in [5.74, 6) is -11.7. The van der Waals surface area contributed by atoms with E-state index in [1.807, 2.05) is 0 Å². The molecule has 0 heterocycles. The van der Waals surface area contributed by atoms with E-state index in [1.165, 1.54) is 12.1 Å². The summed E-state index contributed by atoms with van der Waals surface area (Å²) in [6.07, 6.45) is 0. The lowest BCUT2D eigenvalue weighted by atomic mass is 10.0. The van der Waals surface area contributed by atoms with Crippen molar-refractivity contribution in [3.8, 4) is 11.1 Å². The predicted octanol–water partition coefficient (Wildman–Crippen LogP) is 4.19. The summed E-state index contributed by atoms with van der Waals surface area (Å²) in [7, 11) is 0. The molecule has 0 saturated heterocycles. The maximum atomic E-state index is 13.4. The Morgan fingerprint density at radius 3 is 1.50 bits per heavy atom. The third kappa shape index (κ3) is 1.73. The number of rotatable bonds is 1. The summed E-state index contributed by atoms with van der Waals surface area (Å²) in [4.78, 5) is 0. The lowest BCUT2D eigenvalue weighted by molar-refractivity contribution is 0.381. The Kier molecular flexibility index (Phi) is 3.02. The third-order valence-electron chi connectivity index (χ3n) is 2.35. The maximum absolute atomic E-state index is 13.4. The minimum absolute atomic E-state index is 0.690. The second-order valence-corrected chi connectivity index (χ2v) is 3.42. The Bertz CT molecular complexity index is 591. The molecule has 2 aromatic rings. The Morgan fingerprint density at radius 2 is 1.00 bits per heavy atom. The first-order valence-corrected chi connectivity index (χ1v) is 4.71. The van der Waals surface area contributed by atoms with Crippen molar-refractivity contribution in [1.82, 2.24) is 0 Å². The molecule has 0 unspecified atom stereocenters. The van der Waals surface area contributed by atoms with Gasteiger partial charge >= 0.3 is 0 Å². The van der Waals surface area contributed by atoms with Gasteiger partial charge in [-0.2, -0.15) is 0 Å². The molecule has 0 aliphatic carbocycles. The minimum atomic E-state index is -2.27. The van der Waals surface area contributed by atoms with Crippen LogP contribution in [0, 0.1) is 34.9 Å². The van der Waals surface area contributed by atoms with Crippen LogP contribution in [0.25, 0.3) is 11.1 Å². The predicted molar refractivity (Wildman–Crippen MR) is 51.6 cm³/mol. The van der Waals surface area contributed by atoms with Crippen LogP contribution in [0.15, 0.2) is 24.3 Å². The molecule has 6 heteroatoms. The van der Waals surface area contributed by atoms with Crippen LogP contribution in [0.4, 0.5) is 26.3 Å². The van der Waals surface area contributed by atoms with Crippen molar-refractivity contribution in [2.24, 2.45) is 0 Å². The molecular weight excluding hydrogens is 258 g/mol. The van der Waals surface area contributed by atoms with Gasteiger partial charge in [0.05, 0.1) is 5.56 Å². The van der Waals surface area contributed by atoms with Crippen molar-refractivity contribution in [2.75, 3.05) is 0 Å². The number of benzene rings is 2.